The molecule has 2 rings (SSSR count). The second kappa shape index (κ2) is 6.69. The highest BCUT2D eigenvalue weighted by atomic mass is 16.5. The minimum atomic E-state index is -0.173. The zero-order valence-electron chi connectivity index (χ0n) is 10.8. The minimum absolute atomic E-state index is 0.173. The number of ether oxygens (including phenoxy) is 2. The van der Waals surface area contributed by atoms with Crippen LogP contribution in [-0.2, 0) is 9.47 Å². The van der Waals surface area contributed by atoms with E-state index in [-0.39, 0.29) is 6.10 Å². The summed E-state index contributed by atoms with van der Waals surface area (Å²) in [6.45, 7) is 7.46. The lowest BCUT2D eigenvalue weighted by Gasteiger charge is -2.36. The van der Waals surface area contributed by atoms with Crippen LogP contribution in [0, 0.1) is 5.92 Å². The molecule has 0 aromatic heterocycles. The average Bonchev–Trinajstić information content (AvgIpc) is 2.35. The van der Waals surface area contributed by atoms with E-state index < -0.39 is 0 Å². The van der Waals surface area contributed by atoms with E-state index in [1.54, 1.807) is 0 Å². The van der Waals surface area contributed by atoms with Crippen LogP contribution in [0.4, 0.5) is 0 Å². The lowest BCUT2D eigenvalue weighted by atomic mass is 9.97. The number of hydrogen-bond donors (Lipinski definition) is 1. The van der Waals surface area contributed by atoms with Crippen LogP contribution in [0.3, 0.4) is 0 Å². The average molecular weight is 243 g/mol. The smallest absolute Gasteiger partial charge is 0.0624 e. The summed E-state index contributed by atoms with van der Waals surface area (Å²) < 4.78 is 11.1. The van der Waals surface area contributed by atoms with Gasteiger partial charge in [-0.25, -0.2) is 0 Å². The molecule has 2 saturated heterocycles. The van der Waals surface area contributed by atoms with E-state index in [4.69, 9.17) is 9.47 Å². The number of rotatable bonds is 4. The standard InChI is InChI=1S/C13H25NO3/c1-2-17-12-3-6-14(7-4-12)9-11-10-16-8-5-13(11)15/h11-13,15H,2-10H2,1H3. The van der Waals surface area contributed by atoms with Crippen molar-refractivity contribution < 1.29 is 14.6 Å². The summed E-state index contributed by atoms with van der Waals surface area (Å²) in [5.74, 6) is 0.299. The van der Waals surface area contributed by atoms with Crippen molar-refractivity contribution in [1.29, 1.82) is 0 Å². The SMILES string of the molecule is CCOC1CCN(CC2COCCC2O)CC1. The summed E-state index contributed by atoms with van der Waals surface area (Å²) >= 11 is 0. The van der Waals surface area contributed by atoms with E-state index in [1.165, 1.54) is 0 Å². The molecule has 2 atom stereocenters. The summed E-state index contributed by atoms with van der Waals surface area (Å²) in [6, 6.07) is 0. The Morgan fingerprint density at radius 1 is 1.29 bits per heavy atom. The van der Waals surface area contributed by atoms with Crippen molar-refractivity contribution in [3.8, 4) is 0 Å². The van der Waals surface area contributed by atoms with Crippen LogP contribution in [0.1, 0.15) is 26.2 Å². The Bertz CT molecular complexity index is 217. The van der Waals surface area contributed by atoms with E-state index >= 15 is 0 Å². The molecule has 2 fully saturated rings. The summed E-state index contributed by atoms with van der Waals surface area (Å²) in [5, 5.41) is 9.90. The number of piperidine rings is 1. The Balaban J connectivity index is 1.70. The fourth-order valence-corrected chi connectivity index (χ4v) is 2.79. The van der Waals surface area contributed by atoms with Gasteiger partial charge in [0.2, 0.25) is 0 Å². The number of aliphatic hydroxyl groups excluding tert-OH is 1. The maximum absolute atomic E-state index is 9.90. The minimum Gasteiger partial charge on any atom is -0.393 e. The number of likely N-dealkylation sites (tertiary alicyclic amines) is 1. The molecule has 0 aromatic carbocycles. The van der Waals surface area contributed by atoms with Gasteiger partial charge in [-0.1, -0.05) is 0 Å². The fourth-order valence-electron chi connectivity index (χ4n) is 2.79. The first kappa shape index (κ1) is 13.3. The maximum atomic E-state index is 9.90. The summed E-state index contributed by atoms with van der Waals surface area (Å²) in [6.07, 6.45) is 3.31. The molecule has 0 aromatic rings. The molecule has 1 N–H and O–H groups in total. The normalized spacial score (nSPS) is 32.8. The molecule has 2 heterocycles. The van der Waals surface area contributed by atoms with Crippen LogP contribution in [-0.4, -0.2) is 61.7 Å². The molecule has 100 valence electrons. The number of aliphatic hydroxyl groups is 1. The Morgan fingerprint density at radius 3 is 2.71 bits per heavy atom. The van der Waals surface area contributed by atoms with Gasteiger partial charge >= 0.3 is 0 Å². The van der Waals surface area contributed by atoms with Crippen molar-refractivity contribution in [2.24, 2.45) is 5.92 Å². The largest absolute Gasteiger partial charge is 0.393 e. The van der Waals surface area contributed by atoms with E-state index in [2.05, 4.69) is 11.8 Å². The van der Waals surface area contributed by atoms with Gasteiger partial charge in [0.05, 0.1) is 18.8 Å². The molecule has 0 amide bonds. The van der Waals surface area contributed by atoms with Crippen LogP contribution >= 0.6 is 0 Å². The lowest BCUT2D eigenvalue weighted by Crippen LogP contribution is -2.45. The Morgan fingerprint density at radius 2 is 2.06 bits per heavy atom. The van der Waals surface area contributed by atoms with Gasteiger partial charge in [-0.15, -0.1) is 0 Å². The van der Waals surface area contributed by atoms with Crippen molar-refractivity contribution in [2.45, 2.75) is 38.4 Å². The Hall–Kier alpha value is -0.160. The molecule has 2 unspecified atom stereocenters. The fraction of sp³-hybridized carbons (Fsp3) is 1.00. The third-order valence-corrected chi connectivity index (χ3v) is 3.86. The van der Waals surface area contributed by atoms with Gasteiger partial charge in [-0.3, -0.25) is 0 Å². The molecule has 2 aliphatic rings. The lowest BCUT2D eigenvalue weighted by molar-refractivity contribution is -0.0547. The van der Waals surface area contributed by atoms with Gasteiger partial charge in [0.15, 0.2) is 0 Å². The molecule has 4 heteroatoms. The molecule has 0 aliphatic carbocycles. The van der Waals surface area contributed by atoms with Crippen LogP contribution in [0.15, 0.2) is 0 Å². The Labute approximate surface area is 104 Å². The first-order chi connectivity index (χ1) is 8.29. The van der Waals surface area contributed by atoms with Crippen molar-refractivity contribution in [1.82, 2.24) is 4.90 Å². The van der Waals surface area contributed by atoms with Crippen molar-refractivity contribution in [3.05, 3.63) is 0 Å². The van der Waals surface area contributed by atoms with E-state index in [1.807, 2.05) is 0 Å². The van der Waals surface area contributed by atoms with Crippen molar-refractivity contribution >= 4 is 0 Å². The summed E-state index contributed by atoms with van der Waals surface area (Å²) in [5.41, 5.74) is 0. The predicted molar refractivity (Wildman–Crippen MR) is 66.0 cm³/mol. The van der Waals surface area contributed by atoms with Crippen LogP contribution < -0.4 is 0 Å². The van der Waals surface area contributed by atoms with E-state index in [0.717, 1.165) is 45.5 Å². The van der Waals surface area contributed by atoms with Crippen molar-refractivity contribution in [2.75, 3.05) is 39.5 Å². The van der Waals surface area contributed by atoms with Crippen LogP contribution in [0.2, 0.25) is 0 Å². The van der Waals surface area contributed by atoms with Crippen LogP contribution in [0.25, 0.3) is 0 Å². The second-order valence-corrected chi connectivity index (χ2v) is 5.15. The summed E-state index contributed by atoms with van der Waals surface area (Å²) in [7, 11) is 0. The van der Waals surface area contributed by atoms with Gasteiger partial charge in [0.25, 0.3) is 0 Å². The molecule has 4 nitrogen and oxygen atoms in total. The molecule has 0 saturated carbocycles. The molecular weight excluding hydrogens is 218 g/mol. The molecule has 0 bridgehead atoms. The molecule has 0 spiro atoms. The highest BCUT2D eigenvalue weighted by Crippen LogP contribution is 2.19. The quantitative estimate of drug-likeness (QED) is 0.796. The second-order valence-electron chi connectivity index (χ2n) is 5.15. The highest BCUT2D eigenvalue weighted by molar-refractivity contribution is 4.79. The molecule has 17 heavy (non-hydrogen) atoms. The maximum Gasteiger partial charge on any atom is 0.0624 e. The third-order valence-electron chi connectivity index (χ3n) is 3.86. The molecule has 0 radical (unpaired) electrons. The first-order valence-electron chi connectivity index (χ1n) is 6.89. The van der Waals surface area contributed by atoms with Gasteiger partial charge in [0, 0.05) is 38.8 Å². The third kappa shape index (κ3) is 3.91. The van der Waals surface area contributed by atoms with Gasteiger partial charge in [0.1, 0.15) is 0 Å². The zero-order valence-corrected chi connectivity index (χ0v) is 10.8. The van der Waals surface area contributed by atoms with Gasteiger partial charge < -0.3 is 19.5 Å². The van der Waals surface area contributed by atoms with E-state index in [0.29, 0.717) is 25.2 Å². The molecular formula is C13H25NO3. The van der Waals surface area contributed by atoms with Gasteiger partial charge in [-0.2, -0.15) is 0 Å². The predicted octanol–water partition coefficient (Wildman–Crippen LogP) is 0.885. The highest BCUT2D eigenvalue weighted by Gasteiger charge is 2.27. The molecule has 2 aliphatic heterocycles. The monoisotopic (exact) mass is 243 g/mol. The Kier molecular flexibility index (Phi) is 5.22. The zero-order chi connectivity index (χ0) is 12.1. The van der Waals surface area contributed by atoms with Gasteiger partial charge in [-0.05, 0) is 26.2 Å². The first-order valence-corrected chi connectivity index (χ1v) is 6.89. The summed E-state index contributed by atoms with van der Waals surface area (Å²) in [4.78, 5) is 2.44. The van der Waals surface area contributed by atoms with Crippen LogP contribution in [0.5, 0.6) is 0 Å². The number of hydrogen-bond acceptors (Lipinski definition) is 4. The number of nitrogens with zero attached hydrogens (tertiary/aromatic N) is 1. The van der Waals surface area contributed by atoms with Crippen molar-refractivity contribution in [3.63, 3.8) is 0 Å². The van der Waals surface area contributed by atoms with E-state index in [9.17, 15) is 5.11 Å². The topological polar surface area (TPSA) is 41.9 Å².